The topological polar surface area (TPSA) is 78.9 Å². The van der Waals surface area contributed by atoms with Crippen LogP contribution >= 0.6 is 0 Å². The van der Waals surface area contributed by atoms with Crippen LogP contribution in [0.3, 0.4) is 0 Å². The van der Waals surface area contributed by atoms with E-state index in [0.717, 1.165) is 63.7 Å². The highest BCUT2D eigenvalue weighted by molar-refractivity contribution is 5.71. The number of hydrogen-bond acceptors (Lipinski definition) is 6. The van der Waals surface area contributed by atoms with Gasteiger partial charge in [0, 0.05) is 19.3 Å². The molecule has 6 nitrogen and oxygen atoms in total. The van der Waals surface area contributed by atoms with E-state index in [1.54, 1.807) is 0 Å². The van der Waals surface area contributed by atoms with Crippen LogP contribution in [0.1, 0.15) is 355 Å². The van der Waals surface area contributed by atoms with Crippen molar-refractivity contribution in [1.82, 2.24) is 0 Å². The van der Waals surface area contributed by atoms with Gasteiger partial charge < -0.3 is 14.2 Å². The Bertz CT molecular complexity index is 1030. The fourth-order valence-corrected chi connectivity index (χ4v) is 9.63. The van der Waals surface area contributed by atoms with Crippen LogP contribution in [0, 0.1) is 5.92 Å². The van der Waals surface area contributed by atoms with Crippen molar-refractivity contribution in [2.45, 2.75) is 361 Å². The first-order valence-electron chi connectivity index (χ1n) is 30.9. The van der Waals surface area contributed by atoms with Gasteiger partial charge in [0.2, 0.25) is 0 Å². The quantitative estimate of drug-likeness (QED) is 0.0343. The Labute approximate surface area is 425 Å². The maximum atomic E-state index is 12.9. The van der Waals surface area contributed by atoms with Crippen molar-refractivity contribution in [2.75, 3.05) is 13.2 Å². The highest BCUT2D eigenvalue weighted by Gasteiger charge is 2.19. The molecule has 0 aromatic carbocycles. The third-order valence-electron chi connectivity index (χ3n) is 14.3. The molecule has 0 aliphatic carbocycles. The van der Waals surface area contributed by atoms with Crippen LogP contribution in [0.2, 0.25) is 0 Å². The number of rotatable bonds is 57. The first kappa shape index (κ1) is 66.4. The summed E-state index contributed by atoms with van der Waals surface area (Å²) in [5, 5.41) is 0. The molecule has 0 saturated heterocycles. The van der Waals surface area contributed by atoms with Gasteiger partial charge in [0.15, 0.2) is 6.10 Å². The summed E-state index contributed by atoms with van der Waals surface area (Å²) in [6.07, 6.45) is 62.4. The number of carbonyl (C=O) groups excluding carboxylic acids is 3. The van der Waals surface area contributed by atoms with Gasteiger partial charge in [-0.05, 0) is 25.2 Å². The minimum Gasteiger partial charge on any atom is -0.462 e. The molecule has 0 N–H and O–H groups in total. The van der Waals surface area contributed by atoms with Gasteiger partial charge in [-0.2, -0.15) is 0 Å². The molecule has 0 aromatic heterocycles. The van der Waals surface area contributed by atoms with E-state index in [1.807, 2.05) is 0 Å². The highest BCUT2D eigenvalue weighted by Crippen LogP contribution is 2.18. The summed E-state index contributed by atoms with van der Waals surface area (Å²) in [6.45, 7) is 9.08. The second-order valence-corrected chi connectivity index (χ2v) is 21.8. The van der Waals surface area contributed by atoms with Crippen LogP contribution in [0.4, 0.5) is 0 Å². The summed E-state index contributed by atoms with van der Waals surface area (Å²) in [5.74, 6) is 0.0220. The monoisotopic (exact) mass is 961 g/mol. The SMILES string of the molecule is CCCCCCCCCCCCCCCCCCCCCC(=O)O[C@@H](COC(=O)CCCCCCCCCCCCCC)COC(=O)CCCCCCCCCCCCCCCCCCC(C)C. The highest BCUT2D eigenvalue weighted by atomic mass is 16.6. The van der Waals surface area contributed by atoms with E-state index in [9.17, 15) is 14.4 Å². The van der Waals surface area contributed by atoms with Crippen molar-refractivity contribution in [1.29, 1.82) is 0 Å². The molecule has 1 atom stereocenters. The lowest BCUT2D eigenvalue weighted by Crippen LogP contribution is -2.30. The number of carbonyl (C=O) groups is 3. The predicted molar refractivity (Wildman–Crippen MR) is 293 cm³/mol. The predicted octanol–water partition coefficient (Wildman–Crippen LogP) is 20.6. The summed E-state index contributed by atoms with van der Waals surface area (Å²) in [7, 11) is 0. The van der Waals surface area contributed by atoms with E-state index >= 15 is 0 Å². The van der Waals surface area contributed by atoms with Gasteiger partial charge >= 0.3 is 17.9 Å². The molecule has 0 spiro atoms. The molecule has 404 valence electrons. The maximum Gasteiger partial charge on any atom is 0.306 e. The van der Waals surface area contributed by atoms with Crippen molar-refractivity contribution >= 4 is 17.9 Å². The molecule has 0 bridgehead atoms. The van der Waals surface area contributed by atoms with Gasteiger partial charge in [-0.25, -0.2) is 0 Å². The van der Waals surface area contributed by atoms with Crippen molar-refractivity contribution in [3.8, 4) is 0 Å². The Morgan fingerprint density at radius 2 is 0.485 bits per heavy atom. The van der Waals surface area contributed by atoms with Crippen LogP contribution in [0.15, 0.2) is 0 Å². The summed E-state index contributed by atoms with van der Waals surface area (Å²) >= 11 is 0. The fourth-order valence-electron chi connectivity index (χ4n) is 9.63. The third kappa shape index (κ3) is 55.3. The van der Waals surface area contributed by atoms with Crippen LogP contribution in [0.5, 0.6) is 0 Å². The largest absolute Gasteiger partial charge is 0.462 e. The summed E-state index contributed by atoms with van der Waals surface area (Å²) in [5.41, 5.74) is 0. The fraction of sp³-hybridized carbons (Fsp3) is 0.952. The zero-order valence-corrected chi connectivity index (χ0v) is 46.6. The zero-order chi connectivity index (χ0) is 49.5. The molecule has 0 fully saturated rings. The summed E-state index contributed by atoms with van der Waals surface area (Å²) in [4.78, 5) is 38.2. The Morgan fingerprint density at radius 3 is 0.721 bits per heavy atom. The van der Waals surface area contributed by atoms with Crippen LogP contribution in [0.25, 0.3) is 0 Å². The molecular weight excluding hydrogens is 841 g/mol. The average molecular weight is 962 g/mol. The molecule has 0 saturated carbocycles. The number of esters is 3. The Morgan fingerprint density at radius 1 is 0.279 bits per heavy atom. The van der Waals surface area contributed by atoms with Crippen molar-refractivity contribution in [2.24, 2.45) is 5.92 Å². The standard InChI is InChI=1S/C62H120O6/c1-5-7-9-11-13-15-17-19-20-21-22-23-28-31-35-39-43-47-51-55-62(65)68-59(56-66-60(63)53-49-45-41-37-33-18-16-14-12-10-8-6-2)57-67-61(64)54-50-46-42-38-34-30-27-25-24-26-29-32-36-40-44-48-52-58(3)4/h58-59H,5-57H2,1-4H3/t59-/m0/s1. The van der Waals surface area contributed by atoms with Gasteiger partial charge in [0.25, 0.3) is 0 Å². The molecule has 0 unspecified atom stereocenters. The first-order valence-corrected chi connectivity index (χ1v) is 30.9. The van der Waals surface area contributed by atoms with Crippen molar-refractivity contribution in [3.05, 3.63) is 0 Å². The van der Waals surface area contributed by atoms with Crippen LogP contribution < -0.4 is 0 Å². The molecule has 0 rings (SSSR count). The van der Waals surface area contributed by atoms with E-state index in [4.69, 9.17) is 14.2 Å². The molecule has 0 heterocycles. The Hall–Kier alpha value is -1.59. The summed E-state index contributed by atoms with van der Waals surface area (Å²) in [6, 6.07) is 0. The number of hydrogen-bond donors (Lipinski definition) is 0. The number of ether oxygens (including phenoxy) is 3. The molecule has 0 aromatic rings. The van der Waals surface area contributed by atoms with E-state index in [2.05, 4.69) is 27.7 Å². The Balaban J connectivity index is 4.25. The average Bonchev–Trinajstić information content (AvgIpc) is 3.32. The minimum absolute atomic E-state index is 0.0614. The van der Waals surface area contributed by atoms with Gasteiger partial charge in [-0.1, -0.05) is 317 Å². The zero-order valence-electron chi connectivity index (χ0n) is 46.6. The smallest absolute Gasteiger partial charge is 0.306 e. The lowest BCUT2D eigenvalue weighted by molar-refractivity contribution is -0.167. The number of unbranched alkanes of at least 4 members (excludes halogenated alkanes) is 44. The van der Waals surface area contributed by atoms with Gasteiger partial charge in [0.05, 0.1) is 0 Å². The summed E-state index contributed by atoms with van der Waals surface area (Å²) < 4.78 is 16.9. The van der Waals surface area contributed by atoms with E-state index in [0.29, 0.717) is 19.3 Å². The molecule has 68 heavy (non-hydrogen) atoms. The normalized spacial score (nSPS) is 12.0. The molecule has 6 heteroatoms. The second-order valence-electron chi connectivity index (χ2n) is 21.8. The van der Waals surface area contributed by atoms with Gasteiger partial charge in [-0.3, -0.25) is 14.4 Å². The molecule has 0 aliphatic rings. The molecule has 0 radical (unpaired) electrons. The van der Waals surface area contributed by atoms with Crippen LogP contribution in [-0.2, 0) is 28.6 Å². The van der Waals surface area contributed by atoms with Gasteiger partial charge in [-0.15, -0.1) is 0 Å². The second kappa shape index (κ2) is 56.3. The van der Waals surface area contributed by atoms with E-state index < -0.39 is 6.10 Å². The van der Waals surface area contributed by atoms with Crippen molar-refractivity contribution in [3.63, 3.8) is 0 Å². The molecule has 0 amide bonds. The minimum atomic E-state index is -0.762. The molecular formula is C62H120O6. The lowest BCUT2D eigenvalue weighted by atomic mass is 10.0. The maximum absolute atomic E-state index is 12.9. The Kier molecular flexibility index (Phi) is 55.0. The van der Waals surface area contributed by atoms with Gasteiger partial charge in [0.1, 0.15) is 13.2 Å². The van der Waals surface area contributed by atoms with Crippen LogP contribution in [-0.4, -0.2) is 37.2 Å². The third-order valence-corrected chi connectivity index (χ3v) is 14.3. The molecule has 0 aliphatic heterocycles. The first-order chi connectivity index (χ1) is 33.4. The lowest BCUT2D eigenvalue weighted by Gasteiger charge is -2.18. The van der Waals surface area contributed by atoms with Crippen molar-refractivity contribution < 1.29 is 28.6 Å². The van der Waals surface area contributed by atoms with E-state index in [1.165, 1.54) is 250 Å². The van der Waals surface area contributed by atoms with E-state index in [-0.39, 0.29) is 31.1 Å².